The maximum atomic E-state index is 12.7. The Morgan fingerprint density at radius 3 is 2.73 bits per heavy atom. The molecule has 0 spiro atoms. The third-order valence-corrected chi connectivity index (χ3v) is 6.46. The number of benzene rings is 1. The largest absolute Gasteiger partial charge is 0.449 e. The van der Waals surface area contributed by atoms with E-state index in [0.29, 0.717) is 18.5 Å². The number of hydrogen-bond acceptors (Lipinski definition) is 5. The number of rotatable bonds is 5. The third kappa shape index (κ3) is 3.60. The minimum absolute atomic E-state index is 0.0320. The first-order chi connectivity index (χ1) is 12.3. The van der Waals surface area contributed by atoms with Gasteiger partial charge >= 0.3 is 5.97 Å². The highest BCUT2D eigenvalue weighted by atomic mass is 32.2. The molecule has 3 rings (SSSR count). The number of hydrogen-bond donors (Lipinski definition) is 1. The second-order valence-corrected chi connectivity index (χ2v) is 8.71. The zero-order chi connectivity index (χ0) is 18.9. The van der Waals surface area contributed by atoms with Crippen molar-refractivity contribution in [3.63, 3.8) is 0 Å². The van der Waals surface area contributed by atoms with Crippen molar-refractivity contribution in [2.75, 3.05) is 18.1 Å². The highest BCUT2D eigenvalue weighted by Gasteiger charge is 2.36. The fourth-order valence-electron chi connectivity index (χ4n) is 3.36. The molecule has 8 heteroatoms. The van der Waals surface area contributed by atoms with Gasteiger partial charge in [0.15, 0.2) is 15.9 Å². The van der Waals surface area contributed by atoms with Crippen LogP contribution in [0.2, 0.25) is 0 Å². The number of para-hydroxylation sites is 1. The van der Waals surface area contributed by atoms with Crippen LogP contribution in [0.5, 0.6) is 0 Å². The van der Waals surface area contributed by atoms with Gasteiger partial charge in [0.05, 0.1) is 17.1 Å². The third-order valence-electron chi connectivity index (χ3n) is 4.71. The van der Waals surface area contributed by atoms with Crippen molar-refractivity contribution in [1.29, 1.82) is 0 Å². The maximum Gasteiger partial charge on any atom is 0.341 e. The second-order valence-electron chi connectivity index (χ2n) is 6.48. The molecular formula is C18H22N2O5S. The fourth-order valence-corrected chi connectivity index (χ4v) is 5.09. The molecule has 1 aromatic heterocycles. The Kier molecular flexibility index (Phi) is 5.04. The van der Waals surface area contributed by atoms with Gasteiger partial charge in [0.2, 0.25) is 0 Å². The van der Waals surface area contributed by atoms with Gasteiger partial charge in [-0.15, -0.1) is 0 Å². The number of aromatic amines is 1. The number of likely N-dealkylation sites (N-methyl/N-ethyl adjacent to an activating group) is 1. The lowest BCUT2D eigenvalue weighted by molar-refractivity contribution is -0.141. The molecule has 0 radical (unpaired) electrons. The Morgan fingerprint density at radius 2 is 2.08 bits per heavy atom. The number of esters is 1. The molecule has 0 saturated carbocycles. The summed E-state index contributed by atoms with van der Waals surface area (Å²) in [5.41, 5.74) is 1.18. The summed E-state index contributed by atoms with van der Waals surface area (Å²) in [6.45, 7) is 3.67. The molecule has 0 bridgehead atoms. The smallest absolute Gasteiger partial charge is 0.341 e. The van der Waals surface area contributed by atoms with Gasteiger partial charge in [0, 0.05) is 29.7 Å². The quantitative estimate of drug-likeness (QED) is 0.800. The standard InChI is InChI=1S/C18H22N2O5S/c1-3-20(13-8-9-26(23,24)11-13)17(21)12(2)25-18(22)15-10-19-16-7-5-4-6-14(15)16/h4-7,10,12-13,19H,3,8-9,11H2,1-2H3/t12-,13+/m1/s1. The van der Waals surface area contributed by atoms with Crippen molar-refractivity contribution in [2.45, 2.75) is 32.4 Å². The van der Waals surface area contributed by atoms with E-state index in [2.05, 4.69) is 4.98 Å². The summed E-state index contributed by atoms with van der Waals surface area (Å²) >= 11 is 0. The highest BCUT2D eigenvalue weighted by molar-refractivity contribution is 7.91. The number of ether oxygens (including phenoxy) is 1. The van der Waals surface area contributed by atoms with Gasteiger partial charge in [-0.2, -0.15) is 0 Å². The van der Waals surface area contributed by atoms with Crippen LogP contribution in [-0.4, -0.2) is 60.4 Å². The van der Waals surface area contributed by atoms with Crippen molar-refractivity contribution in [2.24, 2.45) is 0 Å². The fraction of sp³-hybridized carbons (Fsp3) is 0.444. The summed E-state index contributed by atoms with van der Waals surface area (Å²) in [5.74, 6) is -0.901. The molecule has 0 unspecified atom stereocenters. The molecule has 140 valence electrons. The van der Waals surface area contributed by atoms with E-state index in [0.717, 1.165) is 10.9 Å². The van der Waals surface area contributed by atoms with Gasteiger partial charge < -0.3 is 14.6 Å². The van der Waals surface area contributed by atoms with Gasteiger partial charge in [-0.05, 0) is 26.3 Å². The number of fused-ring (bicyclic) bond motifs is 1. The molecule has 1 fully saturated rings. The van der Waals surface area contributed by atoms with E-state index in [9.17, 15) is 18.0 Å². The van der Waals surface area contributed by atoms with E-state index in [-0.39, 0.29) is 23.5 Å². The molecule has 1 aliphatic rings. The normalized spacial score (nSPS) is 20.0. The molecule has 7 nitrogen and oxygen atoms in total. The number of aromatic nitrogens is 1. The van der Waals surface area contributed by atoms with Gasteiger partial charge in [-0.25, -0.2) is 13.2 Å². The summed E-state index contributed by atoms with van der Waals surface area (Å²) in [4.78, 5) is 29.6. The van der Waals surface area contributed by atoms with Crippen molar-refractivity contribution < 1.29 is 22.7 Å². The van der Waals surface area contributed by atoms with E-state index in [1.54, 1.807) is 19.2 Å². The van der Waals surface area contributed by atoms with Crippen LogP contribution in [0, 0.1) is 0 Å². The summed E-state index contributed by atoms with van der Waals surface area (Å²) in [6.07, 6.45) is 0.996. The zero-order valence-corrected chi connectivity index (χ0v) is 15.6. The first-order valence-electron chi connectivity index (χ1n) is 8.60. The van der Waals surface area contributed by atoms with Gasteiger partial charge in [-0.1, -0.05) is 18.2 Å². The number of carbonyl (C=O) groups excluding carboxylic acids is 2. The number of nitrogens with zero attached hydrogens (tertiary/aromatic N) is 1. The summed E-state index contributed by atoms with van der Waals surface area (Å²) in [6, 6.07) is 6.97. The van der Waals surface area contributed by atoms with Crippen molar-refractivity contribution in [1.82, 2.24) is 9.88 Å². The first kappa shape index (κ1) is 18.4. The molecule has 26 heavy (non-hydrogen) atoms. The average Bonchev–Trinajstić information content (AvgIpc) is 3.18. The number of H-pyrrole nitrogens is 1. The van der Waals surface area contributed by atoms with Crippen LogP contribution in [0.25, 0.3) is 10.9 Å². The summed E-state index contributed by atoms with van der Waals surface area (Å²) in [7, 11) is -3.10. The lowest BCUT2D eigenvalue weighted by atomic mass is 10.1. The van der Waals surface area contributed by atoms with Crippen LogP contribution >= 0.6 is 0 Å². The Labute approximate surface area is 152 Å². The lowest BCUT2D eigenvalue weighted by Gasteiger charge is -2.29. The monoisotopic (exact) mass is 378 g/mol. The Hall–Kier alpha value is -2.35. The van der Waals surface area contributed by atoms with Crippen molar-refractivity contribution >= 4 is 32.6 Å². The molecule has 1 aliphatic heterocycles. The van der Waals surface area contributed by atoms with Crippen LogP contribution in [0.15, 0.2) is 30.5 Å². The summed E-state index contributed by atoms with van der Waals surface area (Å²) in [5, 5.41) is 0.728. The van der Waals surface area contributed by atoms with E-state index in [1.165, 1.54) is 11.8 Å². The molecule has 1 saturated heterocycles. The lowest BCUT2D eigenvalue weighted by Crippen LogP contribution is -2.46. The van der Waals surface area contributed by atoms with E-state index in [4.69, 9.17) is 4.74 Å². The molecule has 0 aliphatic carbocycles. The number of sulfone groups is 1. The molecular weight excluding hydrogens is 356 g/mol. The Bertz CT molecular complexity index is 934. The van der Waals surface area contributed by atoms with E-state index >= 15 is 0 Å². The van der Waals surface area contributed by atoms with Crippen LogP contribution in [-0.2, 0) is 19.4 Å². The SMILES string of the molecule is CCN(C(=O)[C@@H](C)OC(=O)c1c[nH]c2ccccc12)[C@H]1CCS(=O)(=O)C1. The molecule has 2 aromatic rings. The van der Waals surface area contributed by atoms with Crippen LogP contribution in [0.3, 0.4) is 0 Å². The Morgan fingerprint density at radius 1 is 1.35 bits per heavy atom. The van der Waals surface area contributed by atoms with Crippen LogP contribution in [0.4, 0.5) is 0 Å². The average molecular weight is 378 g/mol. The molecule has 2 atom stereocenters. The van der Waals surface area contributed by atoms with Gasteiger partial charge in [-0.3, -0.25) is 4.79 Å². The van der Waals surface area contributed by atoms with Crippen molar-refractivity contribution in [3.05, 3.63) is 36.0 Å². The molecule has 1 amide bonds. The van der Waals surface area contributed by atoms with Gasteiger partial charge in [0.1, 0.15) is 0 Å². The van der Waals surface area contributed by atoms with Crippen LogP contribution in [0.1, 0.15) is 30.6 Å². The van der Waals surface area contributed by atoms with E-state index < -0.39 is 21.9 Å². The van der Waals surface area contributed by atoms with Crippen molar-refractivity contribution in [3.8, 4) is 0 Å². The summed E-state index contributed by atoms with van der Waals surface area (Å²) < 4.78 is 28.7. The van der Waals surface area contributed by atoms with Crippen LogP contribution < -0.4 is 0 Å². The predicted molar refractivity (Wildman–Crippen MR) is 97.6 cm³/mol. The first-order valence-corrected chi connectivity index (χ1v) is 10.4. The predicted octanol–water partition coefficient (Wildman–Crippen LogP) is 1.75. The minimum Gasteiger partial charge on any atom is -0.449 e. The van der Waals surface area contributed by atoms with E-state index in [1.807, 2.05) is 18.2 Å². The minimum atomic E-state index is -3.10. The topological polar surface area (TPSA) is 96.5 Å². The Balaban J connectivity index is 1.71. The zero-order valence-electron chi connectivity index (χ0n) is 14.8. The molecule has 1 N–H and O–H groups in total. The molecule has 1 aromatic carbocycles. The van der Waals surface area contributed by atoms with Gasteiger partial charge in [0.25, 0.3) is 5.91 Å². The molecule has 2 heterocycles. The highest BCUT2D eigenvalue weighted by Crippen LogP contribution is 2.21. The number of carbonyl (C=O) groups is 2. The second kappa shape index (κ2) is 7.11. The maximum absolute atomic E-state index is 12.7. The number of nitrogens with one attached hydrogen (secondary N) is 1. The number of amides is 1.